The van der Waals surface area contributed by atoms with Crippen LogP contribution in [0.2, 0.25) is 0 Å². The molecule has 1 unspecified atom stereocenters. The molecule has 1 heterocycles. The fourth-order valence-electron chi connectivity index (χ4n) is 2.76. The summed E-state index contributed by atoms with van der Waals surface area (Å²) in [6.07, 6.45) is 10.0. The van der Waals surface area contributed by atoms with E-state index >= 15 is 0 Å². The molecule has 0 aromatic heterocycles. The van der Waals surface area contributed by atoms with Gasteiger partial charge in [0.15, 0.2) is 0 Å². The monoisotopic (exact) mass is 252 g/mol. The van der Waals surface area contributed by atoms with Crippen molar-refractivity contribution < 1.29 is 14.3 Å². The minimum absolute atomic E-state index is 0.0924. The second-order valence-corrected chi connectivity index (χ2v) is 6.48. The van der Waals surface area contributed by atoms with Gasteiger partial charge in [0.2, 0.25) is 0 Å². The lowest BCUT2D eigenvalue weighted by molar-refractivity contribution is -0.148. The standard InChI is InChI=1S/C15H24O3/c1-14(2,3)18-13(16)7-10-15(12-11-17-12)8-5-4-6-9-15/h7,10,12H,4-6,8-9,11H2,1-3H3/b10-7+. The van der Waals surface area contributed by atoms with E-state index in [1.165, 1.54) is 19.3 Å². The topological polar surface area (TPSA) is 38.8 Å². The molecule has 3 nitrogen and oxygen atoms in total. The van der Waals surface area contributed by atoms with Gasteiger partial charge in [-0.05, 0) is 33.6 Å². The average Bonchev–Trinajstić information content (AvgIpc) is 3.09. The summed E-state index contributed by atoms with van der Waals surface area (Å²) in [5, 5.41) is 0. The van der Waals surface area contributed by atoms with Gasteiger partial charge in [-0.3, -0.25) is 0 Å². The van der Waals surface area contributed by atoms with Crippen molar-refractivity contribution in [1.29, 1.82) is 0 Å². The van der Waals surface area contributed by atoms with Crippen LogP contribution in [0.1, 0.15) is 52.9 Å². The molecule has 102 valence electrons. The normalized spacial score (nSPS) is 27.2. The molecule has 1 saturated carbocycles. The van der Waals surface area contributed by atoms with Crippen LogP contribution in [-0.4, -0.2) is 24.3 Å². The number of hydrogen-bond donors (Lipinski definition) is 0. The summed E-state index contributed by atoms with van der Waals surface area (Å²) in [6, 6.07) is 0. The molecule has 1 aliphatic heterocycles. The Kier molecular flexibility index (Phi) is 3.81. The number of epoxide rings is 1. The van der Waals surface area contributed by atoms with Crippen molar-refractivity contribution >= 4 is 5.97 Å². The first kappa shape index (κ1) is 13.6. The van der Waals surface area contributed by atoms with Gasteiger partial charge in [0.25, 0.3) is 0 Å². The zero-order valence-corrected chi connectivity index (χ0v) is 11.7. The zero-order chi connectivity index (χ0) is 13.2. The van der Waals surface area contributed by atoms with E-state index in [9.17, 15) is 4.79 Å². The summed E-state index contributed by atoms with van der Waals surface area (Å²) < 4.78 is 10.8. The molecule has 1 aliphatic carbocycles. The van der Waals surface area contributed by atoms with E-state index < -0.39 is 5.60 Å². The van der Waals surface area contributed by atoms with Crippen molar-refractivity contribution in [2.24, 2.45) is 5.41 Å². The van der Waals surface area contributed by atoms with E-state index in [4.69, 9.17) is 9.47 Å². The maximum atomic E-state index is 11.7. The summed E-state index contributed by atoms with van der Waals surface area (Å²) in [5.41, 5.74) is -0.327. The summed E-state index contributed by atoms with van der Waals surface area (Å²) in [5.74, 6) is -0.243. The highest BCUT2D eigenvalue weighted by Gasteiger charge is 2.45. The zero-order valence-electron chi connectivity index (χ0n) is 11.7. The maximum Gasteiger partial charge on any atom is 0.330 e. The fraction of sp³-hybridized carbons (Fsp3) is 0.800. The van der Waals surface area contributed by atoms with E-state index in [1.807, 2.05) is 20.8 Å². The van der Waals surface area contributed by atoms with Crippen molar-refractivity contribution in [2.45, 2.75) is 64.6 Å². The first-order chi connectivity index (χ1) is 8.41. The first-order valence-electron chi connectivity index (χ1n) is 6.95. The Morgan fingerprint density at radius 3 is 2.39 bits per heavy atom. The SMILES string of the molecule is CC(C)(C)OC(=O)/C=C/C1(C2CO2)CCCCC1. The van der Waals surface area contributed by atoms with Crippen molar-refractivity contribution in [3.63, 3.8) is 0 Å². The smallest absolute Gasteiger partial charge is 0.330 e. The number of esters is 1. The third-order valence-electron chi connectivity index (χ3n) is 3.72. The van der Waals surface area contributed by atoms with Gasteiger partial charge in [-0.25, -0.2) is 4.79 Å². The maximum absolute atomic E-state index is 11.7. The molecule has 18 heavy (non-hydrogen) atoms. The van der Waals surface area contributed by atoms with Crippen LogP contribution in [-0.2, 0) is 14.3 Å². The quantitative estimate of drug-likeness (QED) is 0.440. The van der Waals surface area contributed by atoms with Crippen molar-refractivity contribution in [3.8, 4) is 0 Å². The van der Waals surface area contributed by atoms with Gasteiger partial charge >= 0.3 is 5.97 Å². The minimum atomic E-state index is -0.419. The summed E-state index contributed by atoms with van der Waals surface area (Å²) in [7, 11) is 0. The average molecular weight is 252 g/mol. The van der Waals surface area contributed by atoms with Crippen LogP contribution < -0.4 is 0 Å². The largest absolute Gasteiger partial charge is 0.457 e. The molecule has 2 fully saturated rings. The molecule has 1 saturated heterocycles. The first-order valence-corrected chi connectivity index (χ1v) is 6.95. The van der Waals surface area contributed by atoms with Crippen molar-refractivity contribution in [1.82, 2.24) is 0 Å². The van der Waals surface area contributed by atoms with Crippen LogP contribution in [0.15, 0.2) is 12.2 Å². The van der Waals surface area contributed by atoms with Crippen molar-refractivity contribution in [3.05, 3.63) is 12.2 Å². The Morgan fingerprint density at radius 2 is 1.89 bits per heavy atom. The molecule has 0 N–H and O–H groups in total. The molecule has 2 rings (SSSR count). The molecule has 0 aromatic carbocycles. The highest BCUT2D eigenvalue weighted by atomic mass is 16.6. The highest BCUT2D eigenvalue weighted by Crippen LogP contribution is 2.46. The van der Waals surface area contributed by atoms with Gasteiger partial charge in [-0.1, -0.05) is 25.3 Å². The van der Waals surface area contributed by atoms with Gasteiger partial charge < -0.3 is 9.47 Å². The minimum Gasteiger partial charge on any atom is -0.457 e. The van der Waals surface area contributed by atoms with Gasteiger partial charge in [-0.15, -0.1) is 0 Å². The summed E-state index contributed by atoms with van der Waals surface area (Å²) in [6.45, 7) is 6.51. The Morgan fingerprint density at radius 1 is 1.28 bits per heavy atom. The second-order valence-electron chi connectivity index (χ2n) is 6.48. The molecule has 0 bridgehead atoms. The number of hydrogen-bond acceptors (Lipinski definition) is 3. The van der Waals surface area contributed by atoms with Crippen LogP contribution in [0.3, 0.4) is 0 Å². The number of carbonyl (C=O) groups is 1. The van der Waals surface area contributed by atoms with Crippen LogP contribution in [0.5, 0.6) is 0 Å². The molecule has 0 radical (unpaired) electrons. The van der Waals surface area contributed by atoms with Crippen molar-refractivity contribution in [2.75, 3.05) is 6.61 Å². The van der Waals surface area contributed by atoms with Gasteiger partial charge in [-0.2, -0.15) is 0 Å². The van der Waals surface area contributed by atoms with Gasteiger partial charge in [0.1, 0.15) is 5.60 Å². The second kappa shape index (κ2) is 5.04. The van der Waals surface area contributed by atoms with E-state index in [0.717, 1.165) is 19.4 Å². The third kappa shape index (κ3) is 3.58. The van der Waals surface area contributed by atoms with E-state index in [-0.39, 0.29) is 11.4 Å². The summed E-state index contributed by atoms with van der Waals surface area (Å²) in [4.78, 5) is 11.7. The molecule has 0 amide bonds. The molecule has 0 spiro atoms. The van der Waals surface area contributed by atoms with Crippen LogP contribution in [0.4, 0.5) is 0 Å². The molecule has 0 aromatic rings. The molecule has 3 heteroatoms. The third-order valence-corrected chi connectivity index (χ3v) is 3.72. The fourth-order valence-corrected chi connectivity index (χ4v) is 2.76. The Bertz CT molecular complexity index is 328. The molecular formula is C15H24O3. The predicted octanol–water partition coefficient (Wildman–Crippen LogP) is 3.23. The lowest BCUT2D eigenvalue weighted by Gasteiger charge is -2.33. The lowest BCUT2D eigenvalue weighted by Crippen LogP contribution is -2.29. The number of carbonyl (C=O) groups excluding carboxylic acids is 1. The summed E-state index contributed by atoms with van der Waals surface area (Å²) >= 11 is 0. The van der Waals surface area contributed by atoms with Crippen LogP contribution in [0.25, 0.3) is 0 Å². The lowest BCUT2D eigenvalue weighted by atomic mass is 9.71. The molecular weight excluding hydrogens is 228 g/mol. The van der Waals surface area contributed by atoms with Crippen LogP contribution >= 0.6 is 0 Å². The Hall–Kier alpha value is -0.830. The highest BCUT2D eigenvalue weighted by molar-refractivity contribution is 5.82. The van der Waals surface area contributed by atoms with E-state index in [0.29, 0.717) is 6.10 Å². The number of ether oxygens (including phenoxy) is 2. The van der Waals surface area contributed by atoms with E-state index in [2.05, 4.69) is 6.08 Å². The van der Waals surface area contributed by atoms with Gasteiger partial charge in [0, 0.05) is 11.5 Å². The Labute approximate surface area is 110 Å². The van der Waals surface area contributed by atoms with Gasteiger partial charge in [0.05, 0.1) is 12.7 Å². The van der Waals surface area contributed by atoms with Crippen LogP contribution in [0, 0.1) is 5.41 Å². The predicted molar refractivity (Wildman–Crippen MR) is 70.2 cm³/mol. The Balaban J connectivity index is 1.98. The molecule has 2 aliphatic rings. The molecule has 1 atom stereocenters. The van der Waals surface area contributed by atoms with E-state index in [1.54, 1.807) is 6.08 Å². The number of rotatable bonds is 3.